The van der Waals surface area contributed by atoms with Crippen LogP contribution in [0.3, 0.4) is 0 Å². The molecular formula is C16H25NO. The molecule has 0 heterocycles. The Labute approximate surface area is 111 Å². The molecule has 1 saturated carbocycles. The number of aryl methyl sites for hydroxylation is 1. The summed E-state index contributed by atoms with van der Waals surface area (Å²) in [6.07, 6.45) is 6.52. The number of benzene rings is 1. The molecule has 0 aromatic heterocycles. The smallest absolute Gasteiger partial charge is 0.0724 e. The molecule has 1 N–H and O–H groups in total. The Bertz CT molecular complexity index is 338. The van der Waals surface area contributed by atoms with Gasteiger partial charge in [-0.3, -0.25) is 0 Å². The molecule has 1 aromatic carbocycles. The van der Waals surface area contributed by atoms with Crippen LogP contribution in [0, 0.1) is 0 Å². The second kappa shape index (κ2) is 6.91. The van der Waals surface area contributed by atoms with Crippen LogP contribution in [-0.2, 0) is 11.2 Å². The van der Waals surface area contributed by atoms with Crippen LogP contribution in [0.2, 0.25) is 0 Å². The molecule has 0 saturated heterocycles. The van der Waals surface area contributed by atoms with Gasteiger partial charge in [-0.15, -0.1) is 0 Å². The van der Waals surface area contributed by atoms with Gasteiger partial charge in [0.1, 0.15) is 0 Å². The van der Waals surface area contributed by atoms with Gasteiger partial charge in [-0.2, -0.15) is 0 Å². The fraction of sp³-hybridized carbons (Fsp3) is 0.625. The zero-order chi connectivity index (χ0) is 12.8. The zero-order valence-corrected chi connectivity index (χ0v) is 11.6. The van der Waals surface area contributed by atoms with Crippen molar-refractivity contribution in [2.75, 3.05) is 7.11 Å². The third-order valence-electron chi connectivity index (χ3n) is 3.96. The quantitative estimate of drug-likeness (QED) is 0.833. The van der Waals surface area contributed by atoms with Gasteiger partial charge in [-0.05, 0) is 44.6 Å². The monoisotopic (exact) mass is 247 g/mol. The molecule has 1 aromatic rings. The van der Waals surface area contributed by atoms with E-state index in [2.05, 4.69) is 42.6 Å². The Kier molecular flexibility index (Phi) is 5.21. The van der Waals surface area contributed by atoms with Gasteiger partial charge in [-0.25, -0.2) is 0 Å². The van der Waals surface area contributed by atoms with Crippen LogP contribution < -0.4 is 5.32 Å². The lowest BCUT2D eigenvalue weighted by molar-refractivity contribution is 0.0816. The Balaban J connectivity index is 1.73. The van der Waals surface area contributed by atoms with Crippen molar-refractivity contribution in [3.8, 4) is 0 Å². The van der Waals surface area contributed by atoms with Crippen molar-refractivity contribution in [1.29, 1.82) is 0 Å². The Hall–Kier alpha value is -0.860. The van der Waals surface area contributed by atoms with E-state index in [9.17, 15) is 0 Å². The maximum Gasteiger partial charge on any atom is 0.0724 e. The molecular weight excluding hydrogens is 222 g/mol. The van der Waals surface area contributed by atoms with E-state index in [1.54, 1.807) is 0 Å². The SMILES string of the molecule is COC1CCCC1NC(C)CCc1ccccc1. The number of rotatable bonds is 6. The lowest BCUT2D eigenvalue weighted by Crippen LogP contribution is -2.42. The van der Waals surface area contributed by atoms with E-state index in [1.165, 1.54) is 31.2 Å². The average molecular weight is 247 g/mol. The fourth-order valence-corrected chi connectivity index (χ4v) is 2.88. The van der Waals surface area contributed by atoms with Gasteiger partial charge in [0.25, 0.3) is 0 Å². The van der Waals surface area contributed by atoms with Crippen molar-refractivity contribution in [3.05, 3.63) is 35.9 Å². The second-order valence-electron chi connectivity index (χ2n) is 5.40. The Morgan fingerprint density at radius 2 is 2.06 bits per heavy atom. The molecule has 2 nitrogen and oxygen atoms in total. The summed E-state index contributed by atoms with van der Waals surface area (Å²) in [6.45, 7) is 2.29. The van der Waals surface area contributed by atoms with Crippen molar-refractivity contribution >= 4 is 0 Å². The first kappa shape index (κ1) is 13.6. The van der Waals surface area contributed by atoms with Crippen LogP contribution >= 0.6 is 0 Å². The van der Waals surface area contributed by atoms with Crippen molar-refractivity contribution in [3.63, 3.8) is 0 Å². The largest absolute Gasteiger partial charge is 0.380 e. The van der Waals surface area contributed by atoms with E-state index in [0.717, 1.165) is 6.42 Å². The molecule has 0 radical (unpaired) electrons. The fourth-order valence-electron chi connectivity index (χ4n) is 2.88. The maximum atomic E-state index is 5.52. The highest BCUT2D eigenvalue weighted by molar-refractivity contribution is 5.14. The Morgan fingerprint density at radius 1 is 1.28 bits per heavy atom. The molecule has 1 fully saturated rings. The second-order valence-corrected chi connectivity index (χ2v) is 5.40. The molecule has 2 rings (SSSR count). The molecule has 3 atom stereocenters. The molecule has 1 aliphatic carbocycles. The van der Waals surface area contributed by atoms with E-state index in [0.29, 0.717) is 18.2 Å². The van der Waals surface area contributed by atoms with Crippen LogP contribution in [0.5, 0.6) is 0 Å². The minimum absolute atomic E-state index is 0.421. The standard InChI is InChI=1S/C16H25NO/c1-13(11-12-14-7-4-3-5-8-14)17-15-9-6-10-16(15)18-2/h3-5,7-8,13,15-17H,6,9-12H2,1-2H3. The summed E-state index contributed by atoms with van der Waals surface area (Å²) >= 11 is 0. The van der Waals surface area contributed by atoms with Crippen LogP contribution in [0.1, 0.15) is 38.2 Å². The molecule has 3 unspecified atom stereocenters. The average Bonchev–Trinajstić information content (AvgIpc) is 2.85. The summed E-state index contributed by atoms with van der Waals surface area (Å²) in [4.78, 5) is 0. The lowest BCUT2D eigenvalue weighted by Gasteiger charge is -2.24. The first-order valence-corrected chi connectivity index (χ1v) is 7.12. The summed E-state index contributed by atoms with van der Waals surface area (Å²) in [6, 6.07) is 11.8. The molecule has 1 aliphatic rings. The van der Waals surface area contributed by atoms with Crippen LogP contribution in [0.4, 0.5) is 0 Å². The van der Waals surface area contributed by atoms with Gasteiger partial charge in [0, 0.05) is 19.2 Å². The first-order valence-electron chi connectivity index (χ1n) is 7.12. The van der Waals surface area contributed by atoms with E-state index in [1.807, 2.05) is 7.11 Å². The van der Waals surface area contributed by atoms with E-state index >= 15 is 0 Å². The lowest BCUT2D eigenvalue weighted by atomic mass is 10.0. The van der Waals surface area contributed by atoms with Crippen LogP contribution in [0.15, 0.2) is 30.3 Å². The number of methoxy groups -OCH3 is 1. The summed E-state index contributed by atoms with van der Waals surface area (Å²) in [5.74, 6) is 0. The van der Waals surface area contributed by atoms with Gasteiger partial charge >= 0.3 is 0 Å². The predicted molar refractivity (Wildman–Crippen MR) is 75.8 cm³/mol. The summed E-state index contributed by atoms with van der Waals surface area (Å²) in [5, 5.41) is 3.73. The molecule has 0 amide bonds. The molecule has 0 bridgehead atoms. The van der Waals surface area contributed by atoms with Gasteiger partial charge in [0.05, 0.1) is 6.10 Å². The van der Waals surface area contributed by atoms with Crippen molar-refractivity contribution in [2.24, 2.45) is 0 Å². The first-order chi connectivity index (χ1) is 8.79. The number of ether oxygens (including phenoxy) is 1. The molecule has 18 heavy (non-hydrogen) atoms. The minimum Gasteiger partial charge on any atom is -0.380 e. The molecule has 2 heteroatoms. The van der Waals surface area contributed by atoms with E-state index < -0.39 is 0 Å². The minimum atomic E-state index is 0.421. The van der Waals surface area contributed by atoms with Crippen molar-refractivity contribution in [2.45, 2.75) is 57.2 Å². The molecule has 0 aliphatic heterocycles. The normalized spacial score (nSPS) is 25.2. The van der Waals surface area contributed by atoms with Crippen molar-refractivity contribution in [1.82, 2.24) is 5.32 Å². The highest BCUT2D eigenvalue weighted by Crippen LogP contribution is 2.22. The van der Waals surface area contributed by atoms with Gasteiger partial charge in [0.2, 0.25) is 0 Å². The van der Waals surface area contributed by atoms with Crippen LogP contribution in [0.25, 0.3) is 0 Å². The molecule has 0 spiro atoms. The number of hydrogen-bond donors (Lipinski definition) is 1. The Morgan fingerprint density at radius 3 is 2.78 bits per heavy atom. The van der Waals surface area contributed by atoms with Crippen molar-refractivity contribution < 1.29 is 4.74 Å². The van der Waals surface area contributed by atoms with Gasteiger partial charge < -0.3 is 10.1 Å². The zero-order valence-electron chi connectivity index (χ0n) is 11.6. The highest BCUT2D eigenvalue weighted by atomic mass is 16.5. The van der Waals surface area contributed by atoms with Gasteiger partial charge in [0.15, 0.2) is 0 Å². The summed E-state index contributed by atoms with van der Waals surface area (Å²) < 4.78 is 5.52. The summed E-state index contributed by atoms with van der Waals surface area (Å²) in [7, 11) is 1.83. The maximum absolute atomic E-state index is 5.52. The topological polar surface area (TPSA) is 21.3 Å². The molecule has 100 valence electrons. The van der Waals surface area contributed by atoms with Gasteiger partial charge in [-0.1, -0.05) is 30.3 Å². The van der Waals surface area contributed by atoms with E-state index in [-0.39, 0.29) is 0 Å². The number of nitrogens with one attached hydrogen (secondary N) is 1. The third kappa shape index (κ3) is 3.82. The van der Waals surface area contributed by atoms with E-state index in [4.69, 9.17) is 4.74 Å². The summed E-state index contributed by atoms with van der Waals surface area (Å²) in [5.41, 5.74) is 1.43. The highest BCUT2D eigenvalue weighted by Gasteiger charge is 2.27. The third-order valence-corrected chi connectivity index (χ3v) is 3.96. The predicted octanol–water partition coefficient (Wildman–Crippen LogP) is 3.16. The number of hydrogen-bond acceptors (Lipinski definition) is 2. The van der Waals surface area contributed by atoms with Crippen LogP contribution in [-0.4, -0.2) is 25.3 Å².